The monoisotopic (exact) mass is 280 g/mol. The van der Waals surface area contributed by atoms with Crippen LogP contribution in [0.15, 0.2) is 17.5 Å². The molecule has 0 unspecified atom stereocenters. The Kier molecular flexibility index (Phi) is 4.24. The van der Waals surface area contributed by atoms with Gasteiger partial charge in [-0.15, -0.1) is 11.3 Å². The van der Waals surface area contributed by atoms with Crippen molar-refractivity contribution in [1.82, 2.24) is 10.2 Å². The fraction of sp³-hybridized carbons (Fsp3) is 0.571. The average Bonchev–Trinajstić information content (AvgIpc) is 2.84. The number of thiophene rings is 1. The summed E-state index contributed by atoms with van der Waals surface area (Å²) < 4.78 is 0. The molecule has 2 atom stereocenters. The van der Waals surface area contributed by atoms with E-state index in [4.69, 9.17) is 0 Å². The van der Waals surface area contributed by atoms with E-state index in [0.29, 0.717) is 12.8 Å². The number of carbonyl (C=O) groups is 2. The molecule has 2 rings (SSSR count). The minimum absolute atomic E-state index is 0.0488. The Labute approximate surface area is 117 Å². The molecule has 0 aliphatic carbocycles. The predicted octanol–water partition coefficient (Wildman–Crippen LogP) is 2.18. The summed E-state index contributed by atoms with van der Waals surface area (Å²) in [5.41, 5.74) is 0. The van der Waals surface area contributed by atoms with E-state index in [1.54, 1.807) is 23.3 Å². The minimum atomic E-state index is -0.149. The third-order valence-electron chi connectivity index (χ3n) is 3.46. The zero-order valence-corrected chi connectivity index (χ0v) is 12.4. The van der Waals surface area contributed by atoms with Gasteiger partial charge in [0.1, 0.15) is 0 Å². The highest BCUT2D eigenvalue weighted by Crippen LogP contribution is 2.37. The van der Waals surface area contributed by atoms with E-state index in [-0.39, 0.29) is 29.8 Å². The van der Waals surface area contributed by atoms with E-state index in [1.165, 1.54) is 0 Å². The van der Waals surface area contributed by atoms with Crippen molar-refractivity contribution in [1.29, 1.82) is 0 Å². The highest BCUT2D eigenvalue weighted by atomic mass is 32.1. The molecule has 2 amide bonds. The van der Waals surface area contributed by atoms with Crippen molar-refractivity contribution in [3.63, 3.8) is 0 Å². The van der Waals surface area contributed by atoms with Gasteiger partial charge in [-0.25, -0.2) is 0 Å². The van der Waals surface area contributed by atoms with Gasteiger partial charge < -0.3 is 10.2 Å². The maximum Gasteiger partial charge on any atom is 0.225 e. The quantitative estimate of drug-likeness (QED) is 0.922. The largest absolute Gasteiger partial charge is 0.354 e. The van der Waals surface area contributed by atoms with Crippen molar-refractivity contribution in [2.24, 2.45) is 5.92 Å². The molecule has 2 heterocycles. The first-order valence-corrected chi connectivity index (χ1v) is 7.48. The first-order valence-electron chi connectivity index (χ1n) is 6.60. The lowest BCUT2D eigenvalue weighted by Gasteiger charge is -2.38. The molecule has 0 radical (unpaired) electrons. The van der Waals surface area contributed by atoms with E-state index < -0.39 is 0 Å². The second kappa shape index (κ2) is 5.74. The summed E-state index contributed by atoms with van der Waals surface area (Å²) in [6.07, 6.45) is 1.08. The molecule has 104 valence electrons. The lowest BCUT2D eigenvalue weighted by molar-refractivity contribution is -0.141. The summed E-state index contributed by atoms with van der Waals surface area (Å²) in [4.78, 5) is 27.0. The van der Waals surface area contributed by atoms with Crippen LogP contribution in [0.1, 0.15) is 37.6 Å². The predicted molar refractivity (Wildman–Crippen MR) is 75.8 cm³/mol. The van der Waals surface area contributed by atoms with Gasteiger partial charge in [0.05, 0.1) is 12.0 Å². The van der Waals surface area contributed by atoms with Crippen LogP contribution in [-0.2, 0) is 9.59 Å². The number of hydrogen-bond acceptors (Lipinski definition) is 3. The molecule has 4 nitrogen and oxygen atoms in total. The molecule has 1 aromatic rings. The van der Waals surface area contributed by atoms with Gasteiger partial charge >= 0.3 is 0 Å². The minimum Gasteiger partial charge on any atom is -0.354 e. The smallest absolute Gasteiger partial charge is 0.225 e. The zero-order chi connectivity index (χ0) is 14.0. The Morgan fingerprint density at radius 1 is 1.53 bits per heavy atom. The summed E-state index contributed by atoms with van der Waals surface area (Å²) in [6.45, 7) is 3.91. The Bertz CT molecular complexity index is 456. The Morgan fingerprint density at radius 3 is 2.84 bits per heavy atom. The third-order valence-corrected chi connectivity index (χ3v) is 4.41. The van der Waals surface area contributed by atoms with Crippen molar-refractivity contribution in [2.75, 3.05) is 7.05 Å². The SMILES string of the molecule is CC(C)NC(=O)[C@@H]1CCC(=O)N(C)[C@H]1c1cccs1. The topological polar surface area (TPSA) is 49.4 Å². The van der Waals surface area contributed by atoms with E-state index in [1.807, 2.05) is 31.4 Å². The van der Waals surface area contributed by atoms with Gasteiger partial charge in [0.25, 0.3) is 0 Å². The number of nitrogens with zero attached hydrogens (tertiary/aromatic N) is 1. The van der Waals surface area contributed by atoms with Gasteiger partial charge in [-0.05, 0) is 31.7 Å². The standard InChI is InChI=1S/C14H20N2O2S/c1-9(2)15-14(18)10-6-7-12(17)16(3)13(10)11-5-4-8-19-11/h4-5,8-10,13H,6-7H2,1-3H3,(H,15,18)/t10-,13-/m1/s1. The van der Waals surface area contributed by atoms with Crippen molar-refractivity contribution in [3.8, 4) is 0 Å². The summed E-state index contributed by atoms with van der Waals surface area (Å²) in [5, 5.41) is 4.95. The maximum atomic E-state index is 12.3. The van der Waals surface area contributed by atoms with Crippen LogP contribution in [0.5, 0.6) is 0 Å². The summed E-state index contributed by atoms with van der Waals surface area (Å²) in [7, 11) is 1.79. The van der Waals surface area contributed by atoms with Crippen LogP contribution in [0.4, 0.5) is 0 Å². The number of carbonyl (C=O) groups excluding carboxylic acids is 2. The second-order valence-electron chi connectivity index (χ2n) is 5.27. The van der Waals surface area contributed by atoms with Crippen LogP contribution in [0.3, 0.4) is 0 Å². The second-order valence-corrected chi connectivity index (χ2v) is 6.25. The van der Waals surface area contributed by atoms with Gasteiger partial charge in [-0.1, -0.05) is 6.07 Å². The number of rotatable bonds is 3. The molecule has 0 bridgehead atoms. The number of piperidine rings is 1. The van der Waals surface area contributed by atoms with Crippen LogP contribution in [0, 0.1) is 5.92 Å². The molecule has 0 spiro atoms. The molecular weight excluding hydrogens is 260 g/mol. The van der Waals surface area contributed by atoms with Crippen LogP contribution in [0.2, 0.25) is 0 Å². The highest BCUT2D eigenvalue weighted by Gasteiger charge is 2.39. The van der Waals surface area contributed by atoms with Crippen molar-refractivity contribution in [3.05, 3.63) is 22.4 Å². The van der Waals surface area contributed by atoms with Gasteiger partial charge in [0, 0.05) is 24.4 Å². The van der Waals surface area contributed by atoms with Gasteiger partial charge in [0.2, 0.25) is 11.8 Å². The van der Waals surface area contributed by atoms with E-state index in [9.17, 15) is 9.59 Å². The summed E-state index contributed by atoms with van der Waals surface area (Å²) in [5.74, 6) is 0.0171. The van der Waals surface area contributed by atoms with E-state index in [2.05, 4.69) is 5.32 Å². The molecule has 1 aromatic heterocycles. The Balaban J connectivity index is 2.25. The molecule has 0 saturated carbocycles. The average molecular weight is 280 g/mol. The fourth-order valence-corrected chi connectivity index (χ4v) is 3.49. The molecule has 1 aliphatic rings. The highest BCUT2D eigenvalue weighted by molar-refractivity contribution is 7.10. The van der Waals surface area contributed by atoms with Gasteiger partial charge in [-0.3, -0.25) is 9.59 Å². The van der Waals surface area contributed by atoms with Crippen molar-refractivity contribution >= 4 is 23.2 Å². The molecule has 1 saturated heterocycles. The first-order chi connectivity index (χ1) is 9.00. The van der Waals surface area contributed by atoms with Gasteiger partial charge in [0.15, 0.2) is 0 Å². The van der Waals surface area contributed by atoms with Crippen LogP contribution < -0.4 is 5.32 Å². The maximum absolute atomic E-state index is 12.3. The van der Waals surface area contributed by atoms with Gasteiger partial charge in [-0.2, -0.15) is 0 Å². The molecule has 5 heteroatoms. The van der Waals surface area contributed by atoms with Crippen LogP contribution in [0.25, 0.3) is 0 Å². The number of hydrogen-bond donors (Lipinski definition) is 1. The van der Waals surface area contributed by atoms with Crippen molar-refractivity contribution in [2.45, 2.75) is 38.8 Å². The number of nitrogens with one attached hydrogen (secondary N) is 1. The lowest BCUT2D eigenvalue weighted by Crippen LogP contribution is -2.47. The fourth-order valence-electron chi connectivity index (χ4n) is 2.55. The molecule has 1 aliphatic heterocycles. The first kappa shape index (κ1) is 14.1. The zero-order valence-electron chi connectivity index (χ0n) is 11.6. The van der Waals surface area contributed by atoms with E-state index >= 15 is 0 Å². The number of amides is 2. The Hall–Kier alpha value is -1.36. The molecule has 19 heavy (non-hydrogen) atoms. The molecule has 1 fully saturated rings. The van der Waals surface area contributed by atoms with Crippen LogP contribution >= 0.6 is 11.3 Å². The lowest BCUT2D eigenvalue weighted by atomic mass is 9.87. The normalized spacial score (nSPS) is 23.8. The summed E-state index contributed by atoms with van der Waals surface area (Å²) >= 11 is 1.60. The molecule has 1 N–H and O–H groups in total. The van der Waals surface area contributed by atoms with E-state index in [0.717, 1.165) is 4.88 Å². The number of likely N-dealkylation sites (tertiary alicyclic amines) is 1. The van der Waals surface area contributed by atoms with Crippen molar-refractivity contribution < 1.29 is 9.59 Å². The summed E-state index contributed by atoms with van der Waals surface area (Å²) in [6, 6.07) is 3.96. The molecule has 0 aromatic carbocycles. The Morgan fingerprint density at radius 2 is 2.26 bits per heavy atom. The third kappa shape index (κ3) is 2.97. The molecular formula is C14H20N2O2S. The van der Waals surface area contributed by atoms with Crippen LogP contribution in [-0.4, -0.2) is 29.8 Å².